The number of oxazole rings is 1. The predicted molar refractivity (Wildman–Crippen MR) is 72.7 cm³/mol. The molecular weight excluding hydrogens is 267 g/mol. The molecule has 0 spiro atoms. The zero-order valence-corrected chi connectivity index (χ0v) is 11.8. The average molecular weight is 282 g/mol. The molecule has 2 rings (SSSR count). The molecule has 7 heteroatoms. The summed E-state index contributed by atoms with van der Waals surface area (Å²) in [7, 11) is 0.805. The fourth-order valence-corrected chi connectivity index (χ4v) is 2.73. The molecule has 0 bridgehead atoms. The molecule has 1 aromatic heterocycles. The van der Waals surface area contributed by atoms with Gasteiger partial charge in [-0.15, -0.1) is 0 Å². The Kier molecular flexibility index (Phi) is 4.04. The van der Waals surface area contributed by atoms with E-state index in [9.17, 15) is 4.57 Å². The number of aromatic nitrogens is 1. The molecule has 0 aliphatic carbocycles. The Bertz CT molecular complexity index is 589. The van der Waals surface area contributed by atoms with Crippen molar-refractivity contribution in [2.75, 3.05) is 26.6 Å². The van der Waals surface area contributed by atoms with Crippen LogP contribution < -0.4 is 10.8 Å². The maximum atomic E-state index is 12.4. The first-order chi connectivity index (χ1) is 9.14. The third-order valence-corrected chi connectivity index (χ3v) is 4.38. The lowest BCUT2D eigenvalue weighted by atomic mass is 10.2. The molecule has 0 aliphatic rings. The SMILES string of the molecule is CNc1oc(-c2ccccc2)nc1P(=O)(OC)OC. The van der Waals surface area contributed by atoms with Gasteiger partial charge in [0, 0.05) is 26.8 Å². The molecule has 1 heterocycles. The fourth-order valence-electron chi connectivity index (χ4n) is 1.61. The van der Waals surface area contributed by atoms with Crippen LogP contribution in [0.25, 0.3) is 11.5 Å². The van der Waals surface area contributed by atoms with E-state index in [1.54, 1.807) is 7.05 Å². The first-order valence-corrected chi connectivity index (χ1v) is 7.15. The standard InChI is InChI=1S/C12H15N2O4P/c1-13-11-12(19(15,16-2)17-3)14-10(18-11)9-7-5-4-6-8-9/h4-8,13H,1-3H3. The molecule has 6 nitrogen and oxygen atoms in total. The highest BCUT2D eigenvalue weighted by Gasteiger charge is 2.33. The van der Waals surface area contributed by atoms with E-state index in [0.29, 0.717) is 5.89 Å². The van der Waals surface area contributed by atoms with Gasteiger partial charge in [-0.05, 0) is 12.1 Å². The van der Waals surface area contributed by atoms with Crippen molar-refractivity contribution >= 4 is 18.9 Å². The molecule has 19 heavy (non-hydrogen) atoms. The molecule has 0 unspecified atom stereocenters. The third kappa shape index (κ3) is 2.56. The van der Waals surface area contributed by atoms with Gasteiger partial charge >= 0.3 is 7.60 Å². The molecule has 1 N–H and O–H groups in total. The molecule has 0 fully saturated rings. The zero-order valence-electron chi connectivity index (χ0n) is 10.9. The van der Waals surface area contributed by atoms with Gasteiger partial charge in [0.1, 0.15) is 0 Å². The highest BCUT2D eigenvalue weighted by atomic mass is 31.2. The highest BCUT2D eigenvalue weighted by molar-refractivity contribution is 7.62. The van der Waals surface area contributed by atoms with E-state index in [2.05, 4.69) is 10.3 Å². The van der Waals surface area contributed by atoms with Crippen LogP contribution in [0.3, 0.4) is 0 Å². The molecule has 2 aromatic rings. The van der Waals surface area contributed by atoms with Crippen LogP contribution in [0.15, 0.2) is 34.7 Å². The Balaban J connectivity index is 2.52. The largest absolute Gasteiger partial charge is 0.420 e. The van der Waals surface area contributed by atoms with Crippen LogP contribution in [-0.4, -0.2) is 26.3 Å². The van der Waals surface area contributed by atoms with E-state index < -0.39 is 7.60 Å². The summed E-state index contributed by atoms with van der Waals surface area (Å²) in [5.74, 6) is 0.625. The Labute approximate surface area is 111 Å². The van der Waals surface area contributed by atoms with E-state index >= 15 is 0 Å². The van der Waals surface area contributed by atoms with Crippen LogP contribution in [0.4, 0.5) is 5.88 Å². The minimum Gasteiger partial charge on any atom is -0.420 e. The minimum atomic E-state index is -3.45. The number of benzene rings is 1. The van der Waals surface area contributed by atoms with Crippen molar-refractivity contribution in [3.63, 3.8) is 0 Å². The van der Waals surface area contributed by atoms with Gasteiger partial charge in [0.15, 0.2) is 0 Å². The van der Waals surface area contributed by atoms with Crippen LogP contribution in [0.2, 0.25) is 0 Å². The number of rotatable bonds is 5. The zero-order chi connectivity index (χ0) is 13.9. The Morgan fingerprint density at radius 2 is 1.84 bits per heavy atom. The van der Waals surface area contributed by atoms with Crippen molar-refractivity contribution in [3.05, 3.63) is 30.3 Å². The maximum absolute atomic E-state index is 12.4. The van der Waals surface area contributed by atoms with Crippen molar-refractivity contribution in [2.24, 2.45) is 0 Å². The van der Waals surface area contributed by atoms with Crippen LogP contribution in [0, 0.1) is 0 Å². The van der Waals surface area contributed by atoms with Crippen LogP contribution >= 0.6 is 7.60 Å². The van der Waals surface area contributed by atoms with Crippen LogP contribution in [0.5, 0.6) is 0 Å². The molecule has 0 saturated heterocycles. The summed E-state index contributed by atoms with van der Waals surface area (Å²) in [6.45, 7) is 0. The topological polar surface area (TPSA) is 73.6 Å². The lowest BCUT2D eigenvalue weighted by molar-refractivity contribution is 0.286. The van der Waals surface area contributed by atoms with E-state index in [-0.39, 0.29) is 11.3 Å². The minimum absolute atomic E-state index is 0.138. The smallest absolute Gasteiger partial charge is 0.384 e. The highest BCUT2D eigenvalue weighted by Crippen LogP contribution is 2.47. The van der Waals surface area contributed by atoms with E-state index in [1.165, 1.54) is 14.2 Å². The Morgan fingerprint density at radius 1 is 1.21 bits per heavy atom. The predicted octanol–water partition coefficient (Wildman–Crippen LogP) is 2.49. The summed E-state index contributed by atoms with van der Waals surface area (Å²) in [4.78, 5) is 4.22. The second-order valence-electron chi connectivity index (χ2n) is 3.65. The van der Waals surface area contributed by atoms with Gasteiger partial charge in [0.05, 0.1) is 0 Å². The molecular formula is C12H15N2O4P. The molecule has 0 radical (unpaired) electrons. The summed E-state index contributed by atoms with van der Waals surface area (Å²) in [6, 6.07) is 9.32. The van der Waals surface area contributed by atoms with Crippen LogP contribution in [0.1, 0.15) is 0 Å². The Morgan fingerprint density at radius 3 is 2.37 bits per heavy atom. The van der Waals surface area contributed by atoms with E-state index in [4.69, 9.17) is 13.5 Å². The van der Waals surface area contributed by atoms with Crippen molar-refractivity contribution in [1.82, 2.24) is 4.98 Å². The van der Waals surface area contributed by atoms with Crippen molar-refractivity contribution in [3.8, 4) is 11.5 Å². The van der Waals surface area contributed by atoms with Gasteiger partial charge in [-0.1, -0.05) is 18.2 Å². The molecule has 1 aromatic carbocycles. The molecule has 0 amide bonds. The first kappa shape index (κ1) is 13.8. The van der Waals surface area contributed by atoms with Crippen molar-refractivity contribution < 1.29 is 18.0 Å². The fraction of sp³-hybridized carbons (Fsp3) is 0.250. The number of hydrogen-bond acceptors (Lipinski definition) is 6. The average Bonchev–Trinajstić information content (AvgIpc) is 2.92. The van der Waals surface area contributed by atoms with Crippen LogP contribution in [-0.2, 0) is 13.6 Å². The molecule has 0 saturated carbocycles. The number of anilines is 1. The number of hydrogen-bond donors (Lipinski definition) is 1. The monoisotopic (exact) mass is 282 g/mol. The number of nitrogens with one attached hydrogen (secondary N) is 1. The maximum Gasteiger partial charge on any atom is 0.384 e. The second-order valence-corrected chi connectivity index (χ2v) is 5.80. The molecule has 0 aliphatic heterocycles. The van der Waals surface area contributed by atoms with Crippen molar-refractivity contribution in [2.45, 2.75) is 0 Å². The summed E-state index contributed by atoms with van der Waals surface area (Å²) in [5.41, 5.74) is 0.919. The second kappa shape index (κ2) is 5.57. The summed E-state index contributed by atoms with van der Waals surface area (Å²) >= 11 is 0. The first-order valence-electron chi connectivity index (χ1n) is 5.60. The third-order valence-electron chi connectivity index (χ3n) is 2.60. The van der Waals surface area contributed by atoms with Gasteiger partial charge in [-0.2, -0.15) is 4.98 Å². The number of nitrogens with zero attached hydrogens (tertiary/aromatic N) is 1. The summed E-state index contributed by atoms with van der Waals surface area (Å²) in [5, 5.41) is 2.80. The quantitative estimate of drug-likeness (QED) is 0.849. The summed E-state index contributed by atoms with van der Waals surface area (Å²) in [6.07, 6.45) is 0. The molecule has 102 valence electrons. The lowest BCUT2D eigenvalue weighted by Gasteiger charge is -2.10. The van der Waals surface area contributed by atoms with Crippen molar-refractivity contribution in [1.29, 1.82) is 0 Å². The normalized spacial score (nSPS) is 11.5. The lowest BCUT2D eigenvalue weighted by Crippen LogP contribution is -2.13. The van der Waals surface area contributed by atoms with Gasteiger partial charge in [-0.25, -0.2) is 0 Å². The van der Waals surface area contributed by atoms with Gasteiger partial charge in [0.2, 0.25) is 17.2 Å². The van der Waals surface area contributed by atoms with Gasteiger partial charge in [-0.3, -0.25) is 4.57 Å². The van der Waals surface area contributed by atoms with Gasteiger partial charge in [0.25, 0.3) is 0 Å². The molecule has 0 atom stereocenters. The van der Waals surface area contributed by atoms with Gasteiger partial charge < -0.3 is 18.8 Å². The summed E-state index contributed by atoms with van der Waals surface area (Å²) < 4.78 is 27.8. The van der Waals surface area contributed by atoms with E-state index in [0.717, 1.165) is 5.56 Å². The Hall–Kier alpha value is -1.62. The van der Waals surface area contributed by atoms with E-state index in [1.807, 2.05) is 30.3 Å².